The second kappa shape index (κ2) is 15.4. The molecule has 0 saturated carbocycles. The van der Waals surface area contributed by atoms with Crippen molar-refractivity contribution in [2.75, 3.05) is 19.8 Å². The highest BCUT2D eigenvalue weighted by atomic mass is 28.4. The Morgan fingerprint density at radius 3 is 1.12 bits per heavy atom. The van der Waals surface area contributed by atoms with Gasteiger partial charge in [-0.15, -0.1) is 0 Å². The summed E-state index contributed by atoms with van der Waals surface area (Å²) in [5, 5.41) is 0. The first-order valence-electron chi connectivity index (χ1n) is 11.0. The summed E-state index contributed by atoms with van der Waals surface area (Å²) in [6.07, 6.45) is 8.14. The van der Waals surface area contributed by atoms with Gasteiger partial charge in [0.25, 0.3) is 0 Å². The minimum absolute atomic E-state index is 0.694. The van der Waals surface area contributed by atoms with Crippen LogP contribution in [0.15, 0.2) is 0 Å². The summed E-state index contributed by atoms with van der Waals surface area (Å²) in [7, 11) is -3.75. The van der Waals surface area contributed by atoms with Crippen LogP contribution in [0, 0.1) is 0 Å². The van der Waals surface area contributed by atoms with Crippen molar-refractivity contribution in [3.63, 3.8) is 0 Å². The van der Waals surface area contributed by atoms with E-state index >= 15 is 0 Å². The first kappa shape index (κ1) is 25.3. The van der Waals surface area contributed by atoms with Gasteiger partial charge in [-0.3, -0.25) is 0 Å². The van der Waals surface area contributed by atoms with Crippen LogP contribution in [0.5, 0.6) is 0 Å². The molecule has 0 N–H and O–H groups in total. The topological polar surface area (TPSA) is 27.7 Å². The molecule has 0 spiro atoms. The normalized spacial score (nSPS) is 12.7. The van der Waals surface area contributed by atoms with Crippen LogP contribution in [0.2, 0.25) is 30.2 Å². The van der Waals surface area contributed by atoms with Crippen LogP contribution in [-0.4, -0.2) is 36.7 Å². The van der Waals surface area contributed by atoms with E-state index in [2.05, 4.69) is 41.5 Å². The highest BCUT2D eigenvalue weighted by Crippen LogP contribution is 2.36. The van der Waals surface area contributed by atoms with Crippen molar-refractivity contribution in [2.24, 2.45) is 0 Å². The van der Waals surface area contributed by atoms with Crippen LogP contribution in [0.3, 0.4) is 0 Å². The Kier molecular flexibility index (Phi) is 15.6. The van der Waals surface area contributed by atoms with Crippen molar-refractivity contribution >= 4 is 16.9 Å². The minimum Gasteiger partial charge on any atom is -0.374 e. The summed E-state index contributed by atoms with van der Waals surface area (Å²) in [4.78, 5) is 0. The lowest BCUT2D eigenvalue weighted by Crippen LogP contribution is -2.48. The molecule has 0 radical (unpaired) electrons. The van der Waals surface area contributed by atoms with Gasteiger partial charge < -0.3 is 13.3 Å². The smallest absolute Gasteiger partial charge is 0.374 e. The van der Waals surface area contributed by atoms with Crippen molar-refractivity contribution in [3.05, 3.63) is 0 Å². The molecule has 0 bridgehead atoms. The average Bonchev–Trinajstić information content (AvgIpc) is 2.61. The van der Waals surface area contributed by atoms with Gasteiger partial charge in [-0.2, -0.15) is 0 Å². The molecule has 0 aliphatic heterocycles. The molecule has 0 unspecified atom stereocenters. The zero-order valence-electron chi connectivity index (χ0n) is 18.1. The standard InChI is InChI=1S/C20H46O3Si2/c1-7-13-16-24(17-14-8-2,18-15-9-3)19-20-25(21-10-4,22-11-5)23-12-6/h7-20H2,1-6H3. The molecule has 25 heavy (non-hydrogen) atoms. The van der Waals surface area contributed by atoms with E-state index in [1.165, 1.54) is 62.7 Å². The Morgan fingerprint density at radius 2 is 0.840 bits per heavy atom. The van der Waals surface area contributed by atoms with Crippen LogP contribution in [0.25, 0.3) is 0 Å². The van der Waals surface area contributed by atoms with Crippen LogP contribution in [0.1, 0.15) is 80.1 Å². The monoisotopic (exact) mass is 390 g/mol. The van der Waals surface area contributed by atoms with Gasteiger partial charge >= 0.3 is 8.80 Å². The molecule has 0 aliphatic rings. The summed E-state index contributed by atoms with van der Waals surface area (Å²) in [6, 6.07) is 6.82. The minimum atomic E-state index is -2.49. The molecule has 0 amide bonds. The fourth-order valence-corrected chi connectivity index (χ4v) is 14.0. The van der Waals surface area contributed by atoms with Gasteiger partial charge in [-0.25, -0.2) is 0 Å². The van der Waals surface area contributed by atoms with Crippen molar-refractivity contribution in [3.8, 4) is 0 Å². The summed E-state index contributed by atoms with van der Waals surface area (Å²) < 4.78 is 18.4. The Bertz CT molecular complexity index is 262. The molecule has 152 valence electrons. The van der Waals surface area contributed by atoms with E-state index in [-0.39, 0.29) is 0 Å². The van der Waals surface area contributed by atoms with E-state index in [1.54, 1.807) is 0 Å². The van der Waals surface area contributed by atoms with Crippen molar-refractivity contribution in [1.82, 2.24) is 0 Å². The molecule has 0 saturated heterocycles. The van der Waals surface area contributed by atoms with Gasteiger partial charge in [-0.05, 0) is 20.8 Å². The van der Waals surface area contributed by atoms with Crippen molar-refractivity contribution in [1.29, 1.82) is 0 Å². The molecule has 0 rings (SSSR count). The van der Waals surface area contributed by atoms with Crippen molar-refractivity contribution in [2.45, 2.75) is 110 Å². The number of hydrogen-bond acceptors (Lipinski definition) is 3. The predicted molar refractivity (Wildman–Crippen MR) is 115 cm³/mol. The van der Waals surface area contributed by atoms with Gasteiger partial charge in [0.15, 0.2) is 0 Å². The maximum absolute atomic E-state index is 6.14. The molecule has 0 aromatic carbocycles. The predicted octanol–water partition coefficient (Wildman–Crippen LogP) is 6.88. The van der Waals surface area contributed by atoms with Gasteiger partial charge in [0, 0.05) is 25.9 Å². The lowest BCUT2D eigenvalue weighted by molar-refractivity contribution is 0.0724. The Balaban J connectivity index is 5.23. The molecule has 0 aromatic heterocycles. The third-order valence-corrected chi connectivity index (χ3v) is 14.3. The molecule has 0 heterocycles. The fraction of sp³-hybridized carbons (Fsp3) is 1.00. The summed E-state index contributed by atoms with van der Waals surface area (Å²) >= 11 is 0. The highest BCUT2D eigenvalue weighted by molar-refractivity contribution is 6.81. The molecule has 3 nitrogen and oxygen atoms in total. The van der Waals surface area contributed by atoms with Gasteiger partial charge in [-0.1, -0.05) is 83.5 Å². The second-order valence-electron chi connectivity index (χ2n) is 7.29. The van der Waals surface area contributed by atoms with E-state index in [4.69, 9.17) is 13.3 Å². The van der Waals surface area contributed by atoms with Gasteiger partial charge in [0.2, 0.25) is 0 Å². The molecular weight excluding hydrogens is 344 g/mol. The fourth-order valence-electron chi connectivity index (χ4n) is 3.82. The van der Waals surface area contributed by atoms with Crippen molar-refractivity contribution < 1.29 is 13.3 Å². The molecule has 0 aliphatic carbocycles. The van der Waals surface area contributed by atoms with Crippen LogP contribution >= 0.6 is 0 Å². The largest absolute Gasteiger partial charge is 0.500 e. The van der Waals surface area contributed by atoms with Gasteiger partial charge in [0.05, 0.1) is 8.07 Å². The van der Waals surface area contributed by atoms with E-state index in [0.717, 1.165) is 6.04 Å². The molecule has 0 atom stereocenters. The molecule has 0 aromatic rings. The Labute approximate surface area is 160 Å². The SMILES string of the molecule is CCCC[Si](CCCC)(CCCC)CC[Si](OCC)(OCC)OCC. The Morgan fingerprint density at radius 1 is 0.480 bits per heavy atom. The van der Waals surface area contributed by atoms with Crippen LogP contribution in [-0.2, 0) is 13.3 Å². The number of rotatable bonds is 18. The molecule has 0 fully saturated rings. The zero-order chi connectivity index (χ0) is 19.0. The van der Waals surface area contributed by atoms with E-state index in [1.807, 2.05) is 0 Å². The quantitative estimate of drug-likeness (QED) is 0.239. The summed E-state index contributed by atoms with van der Waals surface area (Å²) in [6.45, 7) is 15.3. The number of hydrogen-bond donors (Lipinski definition) is 0. The maximum Gasteiger partial charge on any atom is 0.500 e. The lowest BCUT2D eigenvalue weighted by Gasteiger charge is -2.36. The van der Waals surface area contributed by atoms with Crippen LogP contribution < -0.4 is 0 Å². The molecular formula is C20H46O3Si2. The molecule has 5 heteroatoms. The maximum atomic E-state index is 6.14. The van der Waals surface area contributed by atoms with Gasteiger partial charge in [0.1, 0.15) is 0 Å². The van der Waals surface area contributed by atoms with E-state index < -0.39 is 16.9 Å². The number of unbranched alkanes of at least 4 members (excludes halogenated alkanes) is 3. The first-order chi connectivity index (χ1) is 12.1. The lowest BCUT2D eigenvalue weighted by atomic mass is 10.4. The average molecular weight is 391 g/mol. The first-order valence-corrected chi connectivity index (χ1v) is 15.7. The summed E-state index contributed by atoms with van der Waals surface area (Å²) in [5.41, 5.74) is 0. The summed E-state index contributed by atoms with van der Waals surface area (Å²) in [5.74, 6) is 0. The zero-order valence-corrected chi connectivity index (χ0v) is 20.1. The van der Waals surface area contributed by atoms with Crippen LogP contribution in [0.4, 0.5) is 0 Å². The highest BCUT2D eigenvalue weighted by Gasteiger charge is 2.43. The Hall–Kier alpha value is 0.314. The second-order valence-corrected chi connectivity index (χ2v) is 15.0. The third-order valence-electron chi connectivity index (χ3n) is 5.24. The third kappa shape index (κ3) is 10.3. The van der Waals surface area contributed by atoms with E-state index in [9.17, 15) is 0 Å². The van der Waals surface area contributed by atoms with E-state index in [0.29, 0.717) is 19.8 Å².